The van der Waals surface area contributed by atoms with E-state index in [2.05, 4.69) is 5.32 Å². The van der Waals surface area contributed by atoms with Gasteiger partial charge in [0, 0.05) is 42.7 Å². The average Bonchev–Trinajstić information content (AvgIpc) is 3.46. The number of nitro groups is 1. The van der Waals surface area contributed by atoms with E-state index in [1.807, 2.05) is 4.90 Å². The Morgan fingerprint density at radius 1 is 1.08 bits per heavy atom. The number of benzene rings is 1. The number of hydrogen-bond acceptors (Lipinski definition) is 5. The smallest absolute Gasteiger partial charge is 0.335 e. The molecule has 0 atom stereocenters. The van der Waals surface area contributed by atoms with Gasteiger partial charge in [-0.25, -0.2) is 4.79 Å². The van der Waals surface area contributed by atoms with Crippen LogP contribution in [0.3, 0.4) is 0 Å². The Hall–Kier alpha value is -2.97. The van der Waals surface area contributed by atoms with Crippen LogP contribution in [0, 0.1) is 16.0 Å². The fraction of sp³-hybridized carbons (Fsp3) is 0.471. The molecule has 9 nitrogen and oxygen atoms in total. The first-order valence-corrected chi connectivity index (χ1v) is 8.47. The van der Waals surface area contributed by atoms with E-state index in [0.717, 1.165) is 31.0 Å². The summed E-state index contributed by atoms with van der Waals surface area (Å²) in [6.07, 6.45) is 3.11. The summed E-state index contributed by atoms with van der Waals surface area (Å²) >= 11 is 0. The molecule has 2 amide bonds. The normalized spacial score (nSPS) is 17.6. The molecule has 1 aromatic carbocycles. The molecule has 0 bridgehead atoms. The van der Waals surface area contributed by atoms with Gasteiger partial charge in [-0.05, 0) is 31.7 Å². The first-order valence-electron chi connectivity index (χ1n) is 8.47. The molecule has 2 N–H and O–H groups in total. The molecule has 1 aliphatic heterocycles. The lowest BCUT2D eigenvalue weighted by atomic mass is 10.0. The second kappa shape index (κ2) is 7.11. The topological polar surface area (TPSA) is 130 Å². The molecule has 1 saturated carbocycles. The van der Waals surface area contributed by atoms with Gasteiger partial charge < -0.3 is 15.3 Å². The van der Waals surface area contributed by atoms with Crippen LogP contribution in [-0.4, -0.2) is 51.8 Å². The second-order valence-electron chi connectivity index (χ2n) is 6.68. The summed E-state index contributed by atoms with van der Waals surface area (Å²) in [6.45, 7) is 1.13. The number of nitro benzene ring substituents is 1. The number of likely N-dealkylation sites (tertiary alicyclic amines) is 1. The maximum Gasteiger partial charge on any atom is 0.335 e. The molecule has 3 rings (SSSR count). The number of non-ortho nitro benzene ring substituents is 1. The minimum absolute atomic E-state index is 0.0620. The molecule has 138 valence electrons. The fourth-order valence-corrected chi connectivity index (χ4v) is 3.07. The number of carboxylic acids is 1. The molecule has 2 fully saturated rings. The first-order chi connectivity index (χ1) is 12.3. The van der Waals surface area contributed by atoms with Gasteiger partial charge in [0.15, 0.2) is 0 Å². The van der Waals surface area contributed by atoms with Crippen LogP contribution in [-0.2, 0) is 4.79 Å². The summed E-state index contributed by atoms with van der Waals surface area (Å²) in [6, 6.07) is 2.95. The third kappa shape index (κ3) is 3.98. The Kier molecular flexibility index (Phi) is 4.88. The van der Waals surface area contributed by atoms with Crippen molar-refractivity contribution >= 4 is 23.5 Å². The van der Waals surface area contributed by atoms with E-state index in [4.69, 9.17) is 5.11 Å². The number of rotatable bonds is 5. The van der Waals surface area contributed by atoms with Crippen molar-refractivity contribution in [2.75, 3.05) is 13.1 Å². The maximum absolute atomic E-state index is 12.4. The van der Waals surface area contributed by atoms with Gasteiger partial charge in [0.25, 0.3) is 11.6 Å². The zero-order valence-corrected chi connectivity index (χ0v) is 14.0. The molecule has 1 saturated heterocycles. The van der Waals surface area contributed by atoms with Gasteiger partial charge >= 0.3 is 5.97 Å². The van der Waals surface area contributed by atoms with Gasteiger partial charge in [0.05, 0.1) is 10.5 Å². The molecule has 0 spiro atoms. The van der Waals surface area contributed by atoms with Crippen molar-refractivity contribution in [1.82, 2.24) is 10.2 Å². The van der Waals surface area contributed by atoms with Crippen molar-refractivity contribution in [3.63, 3.8) is 0 Å². The monoisotopic (exact) mass is 361 g/mol. The SMILES string of the molecule is O=C(O)c1cc(C(=O)NC2CCN(C(=O)C3CC3)CC2)cc([N+](=O)[O-])c1. The highest BCUT2D eigenvalue weighted by Gasteiger charge is 2.35. The van der Waals surface area contributed by atoms with E-state index in [9.17, 15) is 24.5 Å². The van der Waals surface area contributed by atoms with Crippen molar-refractivity contribution in [3.8, 4) is 0 Å². The summed E-state index contributed by atoms with van der Waals surface area (Å²) in [4.78, 5) is 47.6. The number of carboxylic acid groups (broad SMARTS) is 1. The van der Waals surface area contributed by atoms with Crippen LogP contribution in [0.15, 0.2) is 18.2 Å². The quantitative estimate of drug-likeness (QED) is 0.603. The standard InChI is InChI=1S/C17H19N3O6/c21-15(11-7-12(17(23)24)9-14(8-11)20(25)26)18-13-3-5-19(6-4-13)16(22)10-1-2-10/h7-10,13H,1-6H2,(H,18,21)(H,23,24). The van der Waals surface area contributed by atoms with Gasteiger partial charge in [-0.3, -0.25) is 19.7 Å². The van der Waals surface area contributed by atoms with Gasteiger partial charge in [0.1, 0.15) is 0 Å². The number of piperidine rings is 1. The van der Waals surface area contributed by atoms with Crippen LogP contribution in [0.4, 0.5) is 5.69 Å². The number of carbonyl (C=O) groups is 3. The average molecular weight is 361 g/mol. The number of nitrogens with one attached hydrogen (secondary N) is 1. The highest BCUT2D eigenvalue weighted by Crippen LogP contribution is 2.32. The zero-order chi connectivity index (χ0) is 18.8. The molecule has 0 radical (unpaired) electrons. The van der Waals surface area contributed by atoms with Gasteiger partial charge in [0.2, 0.25) is 5.91 Å². The third-order valence-electron chi connectivity index (χ3n) is 4.71. The molecule has 1 aliphatic carbocycles. The van der Waals surface area contributed by atoms with Crippen LogP contribution >= 0.6 is 0 Å². The first kappa shape index (κ1) is 17.8. The largest absolute Gasteiger partial charge is 0.478 e. The number of amides is 2. The number of aromatic carboxylic acids is 1. The highest BCUT2D eigenvalue weighted by atomic mass is 16.6. The predicted molar refractivity (Wildman–Crippen MR) is 89.8 cm³/mol. The van der Waals surface area contributed by atoms with E-state index in [-0.39, 0.29) is 29.0 Å². The third-order valence-corrected chi connectivity index (χ3v) is 4.71. The summed E-state index contributed by atoms with van der Waals surface area (Å²) in [5.74, 6) is -1.54. The van der Waals surface area contributed by atoms with E-state index >= 15 is 0 Å². The molecule has 1 aromatic rings. The zero-order valence-electron chi connectivity index (χ0n) is 14.0. The summed E-state index contributed by atoms with van der Waals surface area (Å²) in [5.41, 5.74) is -0.817. The van der Waals surface area contributed by atoms with Crippen LogP contribution in [0.5, 0.6) is 0 Å². The number of nitrogens with zero attached hydrogens (tertiary/aromatic N) is 2. The lowest BCUT2D eigenvalue weighted by molar-refractivity contribution is -0.384. The molecular formula is C17H19N3O6. The molecule has 26 heavy (non-hydrogen) atoms. The molecule has 0 aromatic heterocycles. The van der Waals surface area contributed by atoms with E-state index < -0.39 is 22.5 Å². The molecule has 0 unspecified atom stereocenters. The molecule has 9 heteroatoms. The summed E-state index contributed by atoms with van der Waals surface area (Å²) in [5, 5.41) is 22.8. The Bertz CT molecular complexity index is 734. The number of carbonyl (C=O) groups excluding carboxylic acids is 2. The van der Waals surface area contributed by atoms with Crippen molar-refractivity contribution in [2.45, 2.75) is 31.7 Å². The Labute approximate surface area is 149 Å². The number of hydrogen-bond donors (Lipinski definition) is 2. The Balaban J connectivity index is 1.64. The van der Waals surface area contributed by atoms with Crippen molar-refractivity contribution in [1.29, 1.82) is 0 Å². The van der Waals surface area contributed by atoms with Gasteiger partial charge in [-0.1, -0.05) is 0 Å². The lowest BCUT2D eigenvalue weighted by Crippen LogP contribution is -2.47. The van der Waals surface area contributed by atoms with Gasteiger partial charge in [-0.15, -0.1) is 0 Å². The minimum Gasteiger partial charge on any atom is -0.478 e. The van der Waals surface area contributed by atoms with Gasteiger partial charge in [-0.2, -0.15) is 0 Å². The summed E-state index contributed by atoms with van der Waals surface area (Å²) in [7, 11) is 0. The van der Waals surface area contributed by atoms with Crippen LogP contribution in [0.25, 0.3) is 0 Å². The van der Waals surface area contributed by atoms with Crippen LogP contribution < -0.4 is 5.32 Å². The van der Waals surface area contributed by atoms with Crippen molar-refractivity contribution in [3.05, 3.63) is 39.4 Å². The van der Waals surface area contributed by atoms with E-state index in [0.29, 0.717) is 25.9 Å². The van der Waals surface area contributed by atoms with E-state index in [1.54, 1.807) is 0 Å². The second-order valence-corrected chi connectivity index (χ2v) is 6.68. The summed E-state index contributed by atoms with van der Waals surface area (Å²) < 4.78 is 0. The van der Waals surface area contributed by atoms with Crippen LogP contribution in [0.1, 0.15) is 46.4 Å². The Morgan fingerprint density at radius 3 is 2.23 bits per heavy atom. The molecular weight excluding hydrogens is 342 g/mol. The maximum atomic E-state index is 12.4. The predicted octanol–water partition coefficient (Wildman–Crippen LogP) is 1.42. The fourth-order valence-electron chi connectivity index (χ4n) is 3.07. The van der Waals surface area contributed by atoms with Crippen LogP contribution in [0.2, 0.25) is 0 Å². The highest BCUT2D eigenvalue weighted by molar-refractivity contribution is 5.98. The Morgan fingerprint density at radius 2 is 1.69 bits per heavy atom. The lowest BCUT2D eigenvalue weighted by Gasteiger charge is -2.32. The van der Waals surface area contributed by atoms with Crippen molar-refractivity contribution < 1.29 is 24.4 Å². The molecule has 2 aliphatic rings. The van der Waals surface area contributed by atoms with E-state index in [1.165, 1.54) is 0 Å². The molecule has 1 heterocycles. The minimum atomic E-state index is -1.34. The van der Waals surface area contributed by atoms with Crippen molar-refractivity contribution in [2.24, 2.45) is 5.92 Å².